The Bertz CT molecular complexity index is 733. The standard InChI is InChI=1S/C17H14BNO4/c19-11-13-2-4-15(5-3-13)23-16-6-7-17(14(10-16)12-20)18-21-8-1-9-22-18/h2-7,10,12H,1,8-9H2. The van der Waals surface area contributed by atoms with Crippen LogP contribution in [0.2, 0.25) is 0 Å². The van der Waals surface area contributed by atoms with E-state index in [4.69, 9.17) is 19.3 Å². The number of nitrogens with zero attached hydrogens (tertiary/aromatic N) is 1. The number of carbonyl (C=O) groups is 1. The summed E-state index contributed by atoms with van der Waals surface area (Å²) in [5.41, 5.74) is 1.74. The molecule has 0 unspecified atom stereocenters. The molecule has 0 amide bonds. The number of benzene rings is 2. The topological polar surface area (TPSA) is 68.6 Å². The average molecular weight is 307 g/mol. The van der Waals surface area contributed by atoms with Crippen molar-refractivity contribution in [2.75, 3.05) is 13.2 Å². The molecule has 2 aromatic rings. The zero-order valence-corrected chi connectivity index (χ0v) is 12.4. The summed E-state index contributed by atoms with van der Waals surface area (Å²) in [4.78, 5) is 11.4. The van der Waals surface area contributed by atoms with E-state index in [0.717, 1.165) is 12.7 Å². The van der Waals surface area contributed by atoms with Gasteiger partial charge < -0.3 is 14.0 Å². The number of hydrogen-bond acceptors (Lipinski definition) is 5. The molecule has 2 aromatic carbocycles. The minimum absolute atomic E-state index is 0.475. The summed E-state index contributed by atoms with van der Waals surface area (Å²) in [5, 5.41) is 8.79. The number of aldehydes is 1. The van der Waals surface area contributed by atoms with Gasteiger partial charge in [0.2, 0.25) is 0 Å². The molecule has 0 N–H and O–H groups in total. The lowest BCUT2D eigenvalue weighted by molar-refractivity contribution is 0.112. The minimum Gasteiger partial charge on any atom is -0.457 e. The molecule has 1 fully saturated rings. The van der Waals surface area contributed by atoms with Crippen molar-refractivity contribution >= 4 is 18.9 Å². The van der Waals surface area contributed by atoms with Crippen molar-refractivity contribution in [3.8, 4) is 17.6 Å². The van der Waals surface area contributed by atoms with E-state index in [2.05, 4.69) is 6.07 Å². The molecule has 23 heavy (non-hydrogen) atoms. The molecule has 1 aliphatic heterocycles. The first-order valence-electron chi connectivity index (χ1n) is 7.30. The average Bonchev–Trinajstić information content (AvgIpc) is 2.63. The van der Waals surface area contributed by atoms with Crippen molar-refractivity contribution in [1.29, 1.82) is 5.26 Å². The molecule has 0 radical (unpaired) electrons. The van der Waals surface area contributed by atoms with Gasteiger partial charge in [0.25, 0.3) is 0 Å². The van der Waals surface area contributed by atoms with Crippen LogP contribution in [0, 0.1) is 11.3 Å². The van der Waals surface area contributed by atoms with Gasteiger partial charge in [-0.1, -0.05) is 6.07 Å². The second kappa shape index (κ2) is 7.10. The lowest BCUT2D eigenvalue weighted by atomic mass is 9.75. The van der Waals surface area contributed by atoms with E-state index >= 15 is 0 Å². The van der Waals surface area contributed by atoms with Crippen LogP contribution in [0.4, 0.5) is 0 Å². The van der Waals surface area contributed by atoms with Gasteiger partial charge in [0, 0.05) is 18.8 Å². The van der Waals surface area contributed by atoms with Crippen molar-refractivity contribution in [2.45, 2.75) is 6.42 Å². The molecule has 0 aromatic heterocycles. The van der Waals surface area contributed by atoms with Gasteiger partial charge in [0.15, 0.2) is 0 Å². The third kappa shape index (κ3) is 3.59. The second-order valence-corrected chi connectivity index (χ2v) is 5.07. The smallest absolute Gasteiger partial charge is 0.457 e. The van der Waals surface area contributed by atoms with Gasteiger partial charge >= 0.3 is 7.12 Å². The summed E-state index contributed by atoms with van der Waals surface area (Å²) in [7, 11) is -0.507. The van der Waals surface area contributed by atoms with Crippen LogP contribution in [0.5, 0.6) is 11.5 Å². The Balaban J connectivity index is 1.80. The predicted octanol–water partition coefficient (Wildman–Crippen LogP) is 2.30. The van der Waals surface area contributed by atoms with Gasteiger partial charge in [0.05, 0.1) is 11.6 Å². The fourth-order valence-corrected chi connectivity index (χ4v) is 2.33. The second-order valence-electron chi connectivity index (χ2n) is 5.07. The molecule has 0 bridgehead atoms. The Kier molecular flexibility index (Phi) is 4.72. The maximum Gasteiger partial charge on any atom is 0.494 e. The van der Waals surface area contributed by atoms with Crippen LogP contribution in [0.3, 0.4) is 0 Å². The molecule has 0 aliphatic carbocycles. The number of hydrogen-bond donors (Lipinski definition) is 0. The largest absolute Gasteiger partial charge is 0.494 e. The summed E-state index contributed by atoms with van der Waals surface area (Å²) < 4.78 is 16.8. The third-order valence-corrected chi connectivity index (χ3v) is 3.49. The van der Waals surface area contributed by atoms with Crippen LogP contribution in [0.25, 0.3) is 0 Å². The van der Waals surface area contributed by atoms with Crippen LogP contribution in [0.1, 0.15) is 22.3 Å². The molecule has 1 saturated heterocycles. The molecule has 0 spiro atoms. The fourth-order valence-electron chi connectivity index (χ4n) is 2.33. The predicted molar refractivity (Wildman–Crippen MR) is 85.0 cm³/mol. The highest BCUT2D eigenvalue weighted by Gasteiger charge is 2.27. The van der Waals surface area contributed by atoms with E-state index in [-0.39, 0.29) is 0 Å². The van der Waals surface area contributed by atoms with E-state index in [1.54, 1.807) is 42.5 Å². The van der Waals surface area contributed by atoms with E-state index in [1.165, 1.54) is 0 Å². The van der Waals surface area contributed by atoms with Gasteiger partial charge in [-0.2, -0.15) is 5.26 Å². The Morgan fingerprint density at radius 3 is 2.43 bits per heavy atom. The first kappa shape index (κ1) is 15.3. The molecule has 1 aliphatic rings. The highest BCUT2D eigenvalue weighted by Crippen LogP contribution is 2.22. The fraction of sp³-hybridized carbons (Fsp3) is 0.176. The maximum atomic E-state index is 11.4. The Morgan fingerprint density at radius 2 is 1.78 bits per heavy atom. The summed E-state index contributed by atoms with van der Waals surface area (Å²) in [6.45, 7) is 1.24. The van der Waals surface area contributed by atoms with Crippen molar-refractivity contribution < 1.29 is 18.8 Å². The number of rotatable bonds is 4. The highest BCUT2D eigenvalue weighted by molar-refractivity contribution is 6.62. The molecule has 0 atom stereocenters. The Labute approximate surface area is 134 Å². The Morgan fingerprint density at radius 1 is 1.09 bits per heavy atom. The molecule has 1 heterocycles. The molecular weight excluding hydrogens is 293 g/mol. The van der Waals surface area contributed by atoms with E-state index < -0.39 is 7.12 Å². The zero-order chi connectivity index (χ0) is 16.1. The van der Waals surface area contributed by atoms with Crippen molar-refractivity contribution in [1.82, 2.24) is 0 Å². The van der Waals surface area contributed by atoms with Crippen molar-refractivity contribution in [3.05, 3.63) is 53.6 Å². The lowest BCUT2D eigenvalue weighted by Gasteiger charge is -2.21. The van der Waals surface area contributed by atoms with Crippen LogP contribution in [0.15, 0.2) is 42.5 Å². The van der Waals surface area contributed by atoms with Gasteiger partial charge in [0.1, 0.15) is 17.8 Å². The SMILES string of the molecule is N#Cc1ccc(Oc2ccc(B3OCCCO3)c(C=O)c2)cc1. The molecule has 5 nitrogen and oxygen atoms in total. The summed E-state index contributed by atoms with van der Waals surface area (Å²) in [6.07, 6.45) is 1.62. The lowest BCUT2D eigenvalue weighted by Crippen LogP contribution is -2.42. The molecule has 0 saturated carbocycles. The normalized spacial score (nSPS) is 14.1. The van der Waals surface area contributed by atoms with E-state index in [9.17, 15) is 4.79 Å². The summed E-state index contributed by atoms with van der Waals surface area (Å²) in [6, 6.07) is 14.0. The Hall–Kier alpha value is -2.62. The third-order valence-electron chi connectivity index (χ3n) is 3.49. The quantitative estimate of drug-likeness (QED) is 0.640. The molecule has 6 heteroatoms. The van der Waals surface area contributed by atoms with Gasteiger partial charge in [-0.3, -0.25) is 4.79 Å². The highest BCUT2D eigenvalue weighted by atomic mass is 16.6. The summed E-state index contributed by atoms with van der Waals surface area (Å²) in [5.74, 6) is 1.13. The molecular formula is C17H14BNO4. The molecule has 114 valence electrons. The first-order chi connectivity index (χ1) is 11.3. The molecule has 3 rings (SSSR count). The van der Waals surface area contributed by atoms with Crippen LogP contribution >= 0.6 is 0 Å². The zero-order valence-electron chi connectivity index (χ0n) is 12.4. The van der Waals surface area contributed by atoms with Crippen molar-refractivity contribution in [3.63, 3.8) is 0 Å². The summed E-state index contributed by atoms with van der Waals surface area (Å²) >= 11 is 0. The van der Waals surface area contributed by atoms with Crippen LogP contribution in [-0.4, -0.2) is 26.6 Å². The first-order valence-corrected chi connectivity index (χ1v) is 7.30. The van der Waals surface area contributed by atoms with Crippen LogP contribution in [-0.2, 0) is 9.31 Å². The van der Waals surface area contributed by atoms with Crippen molar-refractivity contribution in [2.24, 2.45) is 0 Å². The minimum atomic E-state index is -0.507. The van der Waals surface area contributed by atoms with Crippen LogP contribution < -0.4 is 10.2 Å². The van der Waals surface area contributed by atoms with Gasteiger partial charge in [-0.25, -0.2) is 0 Å². The number of ether oxygens (including phenoxy) is 1. The van der Waals surface area contributed by atoms with Gasteiger partial charge in [-0.15, -0.1) is 0 Å². The van der Waals surface area contributed by atoms with E-state index in [1.807, 2.05) is 0 Å². The maximum absolute atomic E-state index is 11.4. The number of carbonyl (C=O) groups excluding carboxylic acids is 1. The van der Waals surface area contributed by atoms with Gasteiger partial charge in [-0.05, 0) is 48.3 Å². The monoisotopic (exact) mass is 307 g/mol. The number of nitriles is 1. The van der Waals surface area contributed by atoms with E-state index in [0.29, 0.717) is 41.3 Å².